The van der Waals surface area contributed by atoms with Gasteiger partial charge in [0.25, 0.3) is 17.7 Å². The molecule has 0 aliphatic heterocycles. The lowest BCUT2D eigenvalue weighted by Crippen LogP contribution is -2.54. The van der Waals surface area contributed by atoms with Gasteiger partial charge in [0.1, 0.15) is 35.5 Å². The second-order valence-electron chi connectivity index (χ2n) is 21.5. The molecule has 0 spiro atoms. The largest absolute Gasteiger partial charge is 0.479 e. The molecule has 0 aromatic heterocycles. The van der Waals surface area contributed by atoms with Crippen LogP contribution in [0, 0.1) is 11.8 Å². The Hall–Kier alpha value is -6.40. The molecule has 0 saturated heterocycles. The normalized spacial score (nSPS) is 15.3. The maximum Gasteiger partial charge on any atom is 0.416 e. The van der Waals surface area contributed by atoms with Gasteiger partial charge in [0.15, 0.2) is 24.4 Å². The van der Waals surface area contributed by atoms with Crippen LogP contribution in [0.1, 0.15) is 117 Å². The first-order valence-electron chi connectivity index (χ1n) is 25.3. The van der Waals surface area contributed by atoms with Crippen molar-refractivity contribution in [3.63, 3.8) is 0 Å². The number of carbonyl (C=O) groups is 8. The molecule has 0 radical (unpaired) electrons. The zero-order valence-electron chi connectivity index (χ0n) is 46.8. The summed E-state index contributed by atoms with van der Waals surface area (Å²) in [6.45, 7) is 13.3. The van der Waals surface area contributed by atoms with E-state index in [1.807, 2.05) is 0 Å². The minimum Gasteiger partial charge on any atom is -0.479 e. The zero-order valence-corrected chi connectivity index (χ0v) is 46.8. The van der Waals surface area contributed by atoms with E-state index in [0.29, 0.717) is 17.0 Å². The van der Waals surface area contributed by atoms with E-state index in [1.165, 1.54) is 20.9 Å². The first kappa shape index (κ1) is 68.7. The molecule has 444 valence electrons. The number of ether oxygens (including phenoxy) is 4. The quantitative estimate of drug-likeness (QED) is 0.0474. The van der Waals surface area contributed by atoms with Crippen LogP contribution in [-0.2, 0) is 82.5 Å². The number of carboxylic acid groups (broad SMARTS) is 1. The summed E-state index contributed by atoms with van der Waals surface area (Å²) in [5, 5.41) is 12.0. The van der Waals surface area contributed by atoms with E-state index in [-0.39, 0.29) is 35.8 Å². The number of carboxylic acids is 1. The van der Waals surface area contributed by atoms with Crippen LogP contribution in [0.15, 0.2) is 48.5 Å². The van der Waals surface area contributed by atoms with Crippen LogP contribution >= 0.6 is 0 Å². The number of nitrogens with zero attached hydrogens (tertiary/aromatic N) is 3. The molecule has 0 aliphatic rings. The van der Waals surface area contributed by atoms with E-state index in [4.69, 9.17) is 18.9 Å². The molecule has 0 fully saturated rings. The zero-order chi connectivity index (χ0) is 60.9. The highest BCUT2D eigenvalue weighted by atomic mass is 19.4. The van der Waals surface area contributed by atoms with Gasteiger partial charge in [0.2, 0.25) is 0 Å². The van der Waals surface area contributed by atoms with E-state index >= 15 is 4.39 Å². The lowest BCUT2D eigenvalue weighted by molar-refractivity contribution is -0.175. The minimum atomic E-state index is -4.76. The lowest BCUT2D eigenvalue weighted by atomic mass is 9.98. The fraction of sp³-hybridized carbons (Fsp3) is 0.630. The monoisotopic (exact) mass is 1140 g/mol. The third-order valence-electron chi connectivity index (χ3n) is 12.4. The molecule has 0 heterocycles. The van der Waals surface area contributed by atoms with Crippen LogP contribution in [0.25, 0.3) is 0 Å². The first-order valence-corrected chi connectivity index (χ1v) is 25.3. The number of halogens is 8. The third kappa shape index (κ3) is 22.0. The Morgan fingerprint density at radius 1 is 0.494 bits per heavy atom. The van der Waals surface area contributed by atoms with Gasteiger partial charge in [-0.15, -0.1) is 0 Å². The molecular weight excluding hydrogens is 1060 g/mol. The Morgan fingerprint density at radius 2 is 0.823 bits per heavy atom. The van der Waals surface area contributed by atoms with Gasteiger partial charge in [-0.1, -0.05) is 52.0 Å². The number of esters is 4. The Bertz CT molecular complexity index is 2410. The molecule has 2 rings (SSSR count). The number of hydrogen-bond donors (Lipinski definition) is 2. The van der Waals surface area contributed by atoms with Crippen molar-refractivity contribution < 1.29 is 97.5 Å². The van der Waals surface area contributed by atoms with Crippen LogP contribution < -0.4 is 5.32 Å². The minimum absolute atomic E-state index is 0.00819. The SMILES string of the molecule is CN[C@@H](CC(C)(C)F)C(=O)O[C@H](Cc1ccc(C(F)(F)F)cc1)C(=O)N(C)[C@@H](CC(C)C)C(=O)O[C@H](C)C(=O)N(C)[C@@H](CC(C)(C)F)C(=O)O[C@H](Cc1ccc(C(F)(F)F)cc1)C(=O)N(C)[C@@H](CC(C)C)C(=O)O[C@H](C)C(=O)O. The van der Waals surface area contributed by atoms with Gasteiger partial charge in [0, 0.05) is 46.8 Å². The maximum absolute atomic E-state index is 15.7. The first-order chi connectivity index (χ1) is 36.1. The number of carbonyl (C=O) groups excluding carboxylic acids is 7. The number of aliphatic carboxylic acids is 1. The molecular formula is C54H74F8N4O13. The summed E-state index contributed by atoms with van der Waals surface area (Å²) in [7, 11) is 4.61. The Labute approximate surface area is 455 Å². The van der Waals surface area contributed by atoms with Crippen LogP contribution in [0.4, 0.5) is 35.1 Å². The van der Waals surface area contributed by atoms with Crippen molar-refractivity contribution in [3.05, 3.63) is 70.8 Å². The van der Waals surface area contributed by atoms with E-state index in [1.54, 1.807) is 27.7 Å². The van der Waals surface area contributed by atoms with Crippen LogP contribution in [0.5, 0.6) is 0 Å². The molecule has 0 unspecified atom stereocenters. The van der Waals surface area contributed by atoms with Crippen LogP contribution in [0.3, 0.4) is 0 Å². The second-order valence-corrected chi connectivity index (χ2v) is 21.5. The van der Waals surface area contributed by atoms with E-state index < -0.39 is 157 Å². The average Bonchev–Trinajstić information content (AvgIpc) is 3.32. The maximum atomic E-state index is 15.7. The second kappa shape index (κ2) is 28.7. The summed E-state index contributed by atoms with van der Waals surface area (Å²) in [6, 6.07) is 0.694. The molecule has 2 aromatic rings. The number of hydrogen-bond acceptors (Lipinski definition) is 13. The summed E-state index contributed by atoms with van der Waals surface area (Å²) in [6.07, 6.45) is -19.5. The smallest absolute Gasteiger partial charge is 0.416 e. The van der Waals surface area contributed by atoms with Crippen molar-refractivity contribution in [1.82, 2.24) is 20.0 Å². The number of rotatable bonds is 28. The molecule has 17 nitrogen and oxygen atoms in total. The predicted molar refractivity (Wildman–Crippen MR) is 270 cm³/mol. The topological polar surface area (TPSA) is 215 Å². The highest BCUT2D eigenvalue weighted by Gasteiger charge is 2.43. The Balaban J connectivity index is 2.60. The van der Waals surface area contributed by atoms with Gasteiger partial charge in [-0.05, 0) is 109 Å². The van der Waals surface area contributed by atoms with Crippen molar-refractivity contribution >= 4 is 47.6 Å². The summed E-state index contributed by atoms with van der Waals surface area (Å²) in [5.74, 6) is -10.5. The molecule has 8 atom stereocenters. The fourth-order valence-electron chi connectivity index (χ4n) is 8.04. The summed E-state index contributed by atoms with van der Waals surface area (Å²) in [5.41, 5.74) is -6.16. The van der Waals surface area contributed by atoms with Gasteiger partial charge in [-0.2, -0.15) is 26.3 Å². The van der Waals surface area contributed by atoms with Crippen molar-refractivity contribution in [1.29, 1.82) is 0 Å². The fourth-order valence-corrected chi connectivity index (χ4v) is 8.04. The van der Waals surface area contributed by atoms with E-state index in [2.05, 4.69) is 5.32 Å². The standard InChI is InChI=1S/C54H74F8N4O13/c1-29(2)23-38(64(12)44(68)41(78-47(72)37(63-11)27-51(7,8)55)25-33-15-19-35(20-16-33)53(57,58)59)48(73)76-31(5)43(67)66(14)40(28-52(9,10)56)50(75)79-42(26-34-17-21-36(22-18-34)54(60,61)62)45(69)65(13)39(24-30(3)4)49(74)77-32(6)46(70)71/h15-22,29-32,37-42,63H,23-28H2,1-14H3,(H,70,71)/t31-,32-,37+,38+,39+,40+,41-,42-/m1/s1. The highest BCUT2D eigenvalue weighted by molar-refractivity contribution is 5.93. The number of amides is 3. The van der Waals surface area contributed by atoms with Crippen molar-refractivity contribution in [2.75, 3.05) is 28.2 Å². The van der Waals surface area contributed by atoms with Crippen molar-refractivity contribution in [2.24, 2.45) is 11.8 Å². The van der Waals surface area contributed by atoms with Gasteiger partial charge in [0.05, 0.1) is 11.1 Å². The molecule has 25 heteroatoms. The molecule has 0 bridgehead atoms. The van der Waals surface area contributed by atoms with Crippen molar-refractivity contribution in [2.45, 2.75) is 180 Å². The van der Waals surface area contributed by atoms with Crippen LogP contribution in [0.2, 0.25) is 0 Å². The predicted octanol–water partition coefficient (Wildman–Crippen LogP) is 7.72. The van der Waals surface area contributed by atoms with Crippen LogP contribution in [-0.4, -0.2) is 155 Å². The molecule has 0 aliphatic carbocycles. The summed E-state index contributed by atoms with van der Waals surface area (Å²) in [4.78, 5) is 112. The summed E-state index contributed by atoms with van der Waals surface area (Å²) < 4.78 is 133. The molecule has 0 saturated carbocycles. The lowest BCUT2D eigenvalue weighted by Gasteiger charge is -2.35. The number of likely N-dealkylation sites (N-methyl/N-ethyl adjacent to an activating group) is 4. The molecule has 3 amide bonds. The van der Waals surface area contributed by atoms with Gasteiger partial charge in [-0.25, -0.2) is 28.0 Å². The molecule has 79 heavy (non-hydrogen) atoms. The molecule has 2 aromatic carbocycles. The Kier molecular flexibility index (Phi) is 24.9. The average molecular weight is 1140 g/mol. The van der Waals surface area contributed by atoms with Crippen molar-refractivity contribution in [3.8, 4) is 0 Å². The number of alkyl halides is 8. The molecule has 2 N–H and O–H groups in total. The van der Waals surface area contributed by atoms with E-state index in [0.717, 1.165) is 95.0 Å². The van der Waals surface area contributed by atoms with Gasteiger partial charge >= 0.3 is 42.2 Å². The van der Waals surface area contributed by atoms with Gasteiger partial charge in [-0.3, -0.25) is 19.2 Å². The summed E-state index contributed by atoms with van der Waals surface area (Å²) >= 11 is 0. The van der Waals surface area contributed by atoms with Gasteiger partial charge < -0.3 is 44.1 Å². The highest BCUT2D eigenvalue weighted by Crippen LogP contribution is 2.32. The number of benzene rings is 2. The number of nitrogens with one attached hydrogen (secondary N) is 1. The van der Waals surface area contributed by atoms with E-state index in [9.17, 15) is 74.2 Å². The Morgan fingerprint density at radius 3 is 1.14 bits per heavy atom. The third-order valence-corrected chi connectivity index (χ3v) is 12.4.